The summed E-state index contributed by atoms with van der Waals surface area (Å²) in [5, 5.41) is 20.4. The van der Waals surface area contributed by atoms with Crippen molar-refractivity contribution in [3.8, 4) is 11.4 Å². The number of nitrogens with two attached hydrogens (primary N) is 1. The van der Waals surface area contributed by atoms with Gasteiger partial charge in [-0.1, -0.05) is 13.8 Å². The average Bonchev–Trinajstić information content (AvgIpc) is 3.51. The van der Waals surface area contributed by atoms with Crippen molar-refractivity contribution in [2.45, 2.75) is 84.4 Å². The minimum atomic E-state index is -1.48. The first-order chi connectivity index (χ1) is 19.6. The molecular weight excluding hydrogens is 531 g/mol. The van der Waals surface area contributed by atoms with E-state index < -0.39 is 18.3 Å². The number of benzene rings is 1. The number of aromatic nitrogens is 2. The summed E-state index contributed by atoms with van der Waals surface area (Å²) in [6.45, 7) is 6.05. The highest BCUT2D eigenvalue weighted by Gasteiger charge is 2.35. The molecule has 3 aromatic rings. The molecule has 5 heterocycles. The molecule has 3 atom stereocenters. The van der Waals surface area contributed by atoms with Gasteiger partial charge < -0.3 is 25.3 Å². The van der Waals surface area contributed by atoms with Crippen LogP contribution in [0.2, 0.25) is 0 Å². The SMILES string of the molecule is CC.CN1C(O)CCC1C(N)=O.Cc1c(F)cc2nc3c(c4c2c1CCC4)Cn1c-3cc2c(c1=O)COC(=O)C2O. The van der Waals surface area contributed by atoms with Crippen LogP contribution in [0.25, 0.3) is 22.3 Å². The number of primary amides is 1. The quantitative estimate of drug-likeness (QED) is 0.298. The third-order valence-electron chi connectivity index (χ3n) is 8.53. The molecule has 0 radical (unpaired) electrons. The largest absolute Gasteiger partial charge is 0.458 e. The predicted octanol–water partition coefficient (Wildman–Crippen LogP) is 2.36. The molecule has 3 aliphatic heterocycles. The van der Waals surface area contributed by atoms with Gasteiger partial charge in [0.25, 0.3) is 5.56 Å². The summed E-state index contributed by atoms with van der Waals surface area (Å²) in [4.78, 5) is 41.8. The van der Waals surface area contributed by atoms with Crippen molar-refractivity contribution in [3.63, 3.8) is 0 Å². The number of hydrogen-bond donors (Lipinski definition) is 3. The summed E-state index contributed by atoms with van der Waals surface area (Å²) in [6, 6.07) is 2.86. The van der Waals surface area contributed by atoms with E-state index in [1.165, 1.54) is 6.07 Å². The van der Waals surface area contributed by atoms with Gasteiger partial charge in [0, 0.05) is 22.6 Å². The Morgan fingerprint density at radius 3 is 2.44 bits per heavy atom. The summed E-state index contributed by atoms with van der Waals surface area (Å²) < 4.78 is 21.1. The number of pyridine rings is 2. The van der Waals surface area contributed by atoms with Gasteiger partial charge in [-0.3, -0.25) is 14.5 Å². The van der Waals surface area contributed by atoms with E-state index in [0.29, 0.717) is 47.4 Å². The third-order valence-corrected chi connectivity index (χ3v) is 8.53. The standard InChI is InChI=1S/C22H17FN2O4.C6H12N2O2.C2H6/c1-9-10-3-2-4-11-13-7-25-17(19(13)24-16(18(10)11)6-15(9)23)5-12-14(21(25)27)8-29-22(28)20(12)26;1-8-4(6(7)10)2-3-5(8)9;1-2/h5-6,20,26H,2-4,7-8H2,1H3;4-5,9H,2-3H2,1H3,(H2,7,10);1-2H3. The molecule has 7 rings (SSSR count). The molecule has 4 aliphatic rings. The Labute approximate surface area is 236 Å². The highest BCUT2D eigenvalue weighted by atomic mass is 19.1. The van der Waals surface area contributed by atoms with Crippen LogP contribution < -0.4 is 11.3 Å². The fourth-order valence-electron chi connectivity index (χ4n) is 6.33. The molecule has 218 valence electrons. The van der Waals surface area contributed by atoms with Crippen molar-refractivity contribution < 1.29 is 28.9 Å². The summed E-state index contributed by atoms with van der Waals surface area (Å²) >= 11 is 0. The molecule has 0 bridgehead atoms. The van der Waals surface area contributed by atoms with Crippen molar-refractivity contribution in [1.82, 2.24) is 14.5 Å². The number of fused-ring (bicyclic) bond motifs is 5. The van der Waals surface area contributed by atoms with E-state index in [-0.39, 0.29) is 35.5 Å². The van der Waals surface area contributed by atoms with Crippen LogP contribution in [-0.2, 0) is 40.3 Å². The second-order valence-electron chi connectivity index (χ2n) is 10.6. The number of ether oxygens (including phenoxy) is 1. The molecule has 2 aromatic heterocycles. The van der Waals surface area contributed by atoms with Crippen molar-refractivity contribution >= 4 is 22.8 Å². The van der Waals surface area contributed by atoms with Crippen molar-refractivity contribution in [1.29, 1.82) is 0 Å². The Morgan fingerprint density at radius 1 is 1.10 bits per heavy atom. The molecular formula is C30H35FN4O6. The summed E-state index contributed by atoms with van der Waals surface area (Å²) in [5.41, 5.74) is 10.9. The number of aryl methyl sites for hydroxylation is 2. The van der Waals surface area contributed by atoms with E-state index in [9.17, 15) is 23.9 Å². The number of nitrogens with zero attached hydrogens (tertiary/aromatic N) is 3. The zero-order chi connectivity index (χ0) is 29.7. The minimum Gasteiger partial charge on any atom is -0.458 e. The Bertz CT molecular complexity index is 1630. The molecule has 0 spiro atoms. The molecule has 1 aliphatic carbocycles. The average molecular weight is 567 g/mol. The van der Waals surface area contributed by atoms with Crippen LogP contribution >= 0.6 is 0 Å². The normalized spacial score (nSPS) is 22.0. The lowest BCUT2D eigenvalue weighted by Crippen LogP contribution is -2.41. The fraction of sp³-hybridized carbons (Fsp3) is 0.467. The molecule has 1 aromatic carbocycles. The zero-order valence-electron chi connectivity index (χ0n) is 23.7. The lowest BCUT2D eigenvalue weighted by molar-refractivity contribution is -0.157. The number of carbonyl (C=O) groups excluding carboxylic acids is 2. The monoisotopic (exact) mass is 566 g/mol. The molecule has 11 heteroatoms. The Balaban J connectivity index is 0.000000239. The van der Waals surface area contributed by atoms with E-state index in [1.807, 2.05) is 13.8 Å². The molecule has 3 unspecified atom stereocenters. The van der Waals surface area contributed by atoms with Crippen LogP contribution in [0.5, 0.6) is 0 Å². The maximum Gasteiger partial charge on any atom is 0.340 e. The van der Waals surface area contributed by atoms with E-state index in [2.05, 4.69) is 0 Å². The van der Waals surface area contributed by atoms with Crippen molar-refractivity contribution in [2.75, 3.05) is 7.05 Å². The first kappa shape index (κ1) is 28.8. The Morgan fingerprint density at radius 2 is 1.80 bits per heavy atom. The number of rotatable bonds is 1. The highest BCUT2D eigenvalue weighted by Crippen LogP contribution is 2.42. The van der Waals surface area contributed by atoms with Crippen LogP contribution in [0.1, 0.15) is 72.6 Å². The second-order valence-corrected chi connectivity index (χ2v) is 10.6. The maximum absolute atomic E-state index is 14.5. The van der Waals surface area contributed by atoms with E-state index >= 15 is 0 Å². The van der Waals surface area contributed by atoms with Gasteiger partial charge in [0.15, 0.2) is 6.10 Å². The molecule has 1 fully saturated rings. The summed E-state index contributed by atoms with van der Waals surface area (Å²) in [6.07, 6.45) is 1.94. The van der Waals surface area contributed by atoms with Crippen LogP contribution in [0.4, 0.5) is 4.39 Å². The summed E-state index contributed by atoms with van der Waals surface area (Å²) in [7, 11) is 1.70. The first-order valence-electron chi connectivity index (χ1n) is 14.0. The number of hydrogen-bond acceptors (Lipinski definition) is 8. The van der Waals surface area contributed by atoms with Crippen molar-refractivity contribution in [3.05, 3.63) is 61.7 Å². The van der Waals surface area contributed by atoms with E-state index in [4.69, 9.17) is 20.6 Å². The van der Waals surface area contributed by atoms with Crippen molar-refractivity contribution in [2.24, 2.45) is 5.73 Å². The zero-order valence-corrected chi connectivity index (χ0v) is 23.7. The van der Waals surface area contributed by atoms with Crippen LogP contribution in [0, 0.1) is 12.7 Å². The number of cyclic esters (lactones) is 1. The lowest BCUT2D eigenvalue weighted by atomic mass is 9.85. The second kappa shape index (κ2) is 11.0. The first-order valence-corrected chi connectivity index (χ1v) is 14.0. The van der Waals surface area contributed by atoms with Gasteiger partial charge in [-0.2, -0.15) is 0 Å². The molecule has 10 nitrogen and oxygen atoms in total. The highest BCUT2D eigenvalue weighted by molar-refractivity contribution is 5.92. The fourth-order valence-corrected chi connectivity index (χ4v) is 6.33. The van der Waals surface area contributed by atoms with E-state index in [0.717, 1.165) is 41.3 Å². The van der Waals surface area contributed by atoms with Crippen LogP contribution in [0.15, 0.2) is 16.9 Å². The van der Waals surface area contributed by atoms with Gasteiger partial charge in [-0.25, -0.2) is 14.2 Å². The third kappa shape index (κ3) is 4.61. The molecule has 1 saturated heterocycles. The maximum atomic E-state index is 14.5. The number of esters is 1. The smallest absolute Gasteiger partial charge is 0.340 e. The molecule has 0 saturated carbocycles. The number of aliphatic hydroxyl groups excluding tert-OH is 2. The topological polar surface area (TPSA) is 148 Å². The predicted molar refractivity (Wildman–Crippen MR) is 149 cm³/mol. The van der Waals surface area contributed by atoms with Crippen LogP contribution in [0.3, 0.4) is 0 Å². The van der Waals surface area contributed by atoms with Gasteiger partial charge in [0.1, 0.15) is 18.7 Å². The van der Waals surface area contributed by atoms with Gasteiger partial charge in [0.05, 0.1) is 35.1 Å². The number of likely N-dealkylation sites (tertiary alicyclic amines) is 1. The molecule has 4 N–H and O–H groups in total. The number of halogens is 1. The number of carbonyl (C=O) groups is 2. The molecule has 41 heavy (non-hydrogen) atoms. The number of likely N-dealkylation sites (N-methyl/N-ethyl adjacent to an activating group) is 1. The van der Waals surface area contributed by atoms with E-state index in [1.54, 1.807) is 29.5 Å². The molecule has 1 amide bonds. The Kier molecular flexibility index (Phi) is 7.71. The van der Waals surface area contributed by atoms with Crippen LogP contribution in [-0.4, -0.2) is 55.9 Å². The summed E-state index contributed by atoms with van der Waals surface area (Å²) in [5.74, 6) is -1.38. The number of aliphatic hydroxyl groups is 2. The van der Waals surface area contributed by atoms with Gasteiger partial charge in [-0.15, -0.1) is 0 Å². The number of amides is 1. The van der Waals surface area contributed by atoms with Gasteiger partial charge in [-0.05, 0) is 68.8 Å². The minimum absolute atomic E-state index is 0.141. The lowest BCUT2D eigenvalue weighted by Gasteiger charge is -2.22. The van der Waals surface area contributed by atoms with Gasteiger partial charge in [0.2, 0.25) is 5.91 Å². The Hall–Kier alpha value is -3.67. The van der Waals surface area contributed by atoms with Gasteiger partial charge >= 0.3 is 5.97 Å².